The Morgan fingerprint density at radius 2 is 2.28 bits per heavy atom. The number of imidazole rings is 1. The summed E-state index contributed by atoms with van der Waals surface area (Å²) >= 11 is 0. The van der Waals surface area contributed by atoms with Crippen LogP contribution >= 0.6 is 0 Å². The van der Waals surface area contributed by atoms with Gasteiger partial charge in [-0.1, -0.05) is 6.92 Å². The van der Waals surface area contributed by atoms with E-state index < -0.39 is 0 Å². The van der Waals surface area contributed by atoms with Gasteiger partial charge < -0.3 is 20.1 Å². The molecule has 0 saturated carbocycles. The van der Waals surface area contributed by atoms with Gasteiger partial charge in [-0.25, -0.2) is 9.78 Å². The molecule has 3 heterocycles. The van der Waals surface area contributed by atoms with Crippen molar-refractivity contribution >= 4 is 11.9 Å². The summed E-state index contributed by atoms with van der Waals surface area (Å²) in [6, 6.07) is 0.0434. The quantitative estimate of drug-likeness (QED) is 0.852. The number of rotatable bonds is 5. The average Bonchev–Trinajstić information content (AvgIpc) is 3.14. The highest BCUT2D eigenvalue weighted by molar-refractivity contribution is 5.77. The highest BCUT2D eigenvalue weighted by Gasteiger charge is 2.42. The number of piperidine rings is 2. The standard InChI is InChI=1S/C18H29N5O2/c1-2-8-20-17(25)23-9-3-6-18(13-23)7-4-16(24)22(12-18)10-5-15-11-19-14-21-15/h11,14H,2-10,12-13H2,1H3,(H,19,21)(H,20,25)/t18-/m0/s1. The summed E-state index contributed by atoms with van der Waals surface area (Å²) in [5.41, 5.74) is 1.11. The first kappa shape index (κ1) is 17.8. The van der Waals surface area contributed by atoms with Gasteiger partial charge >= 0.3 is 6.03 Å². The zero-order chi connectivity index (χ0) is 17.7. The Balaban J connectivity index is 1.60. The highest BCUT2D eigenvalue weighted by atomic mass is 16.2. The van der Waals surface area contributed by atoms with Crippen LogP contribution < -0.4 is 5.32 Å². The van der Waals surface area contributed by atoms with Crippen LogP contribution in [0, 0.1) is 5.41 Å². The first-order chi connectivity index (χ1) is 12.1. The molecule has 7 nitrogen and oxygen atoms in total. The third-order valence-electron chi connectivity index (χ3n) is 5.43. The lowest BCUT2D eigenvalue weighted by atomic mass is 9.73. The van der Waals surface area contributed by atoms with Crippen molar-refractivity contribution in [2.45, 2.75) is 45.4 Å². The van der Waals surface area contributed by atoms with E-state index in [1.54, 1.807) is 6.33 Å². The van der Waals surface area contributed by atoms with Crippen LogP contribution in [0.25, 0.3) is 0 Å². The number of nitrogens with one attached hydrogen (secondary N) is 2. The van der Waals surface area contributed by atoms with E-state index in [9.17, 15) is 9.59 Å². The molecule has 3 rings (SSSR count). The van der Waals surface area contributed by atoms with Crippen molar-refractivity contribution in [3.63, 3.8) is 0 Å². The first-order valence-electron chi connectivity index (χ1n) is 9.40. The zero-order valence-corrected chi connectivity index (χ0v) is 15.1. The summed E-state index contributed by atoms with van der Waals surface area (Å²) in [7, 11) is 0. The van der Waals surface area contributed by atoms with Gasteiger partial charge in [0.25, 0.3) is 0 Å². The van der Waals surface area contributed by atoms with Crippen LogP contribution in [0.2, 0.25) is 0 Å². The number of hydrogen-bond donors (Lipinski definition) is 2. The van der Waals surface area contributed by atoms with Crippen molar-refractivity contribution < 1.29 is 9.59 Å². The molecule has 0 bridgehead atoms. The number of aromatic nitrogens is 2. The number of urea groups is 1. The molecule has 2 N–H and O–H groups in total. The summed E-state index contributed by atoms with van der Waals surface area (Å²) < 4.78 is 0. The Morgan fingerprint density at radius 1 is 1.40 bits per heavy atom. The van der Waals surface area contributed by atoms with Gasteiger partial charge in [0.05, 0.1) is 6.33 Å². The molecule has 2 aliphatic heterocycles. The molecule has 1 spiro atoms. The SMILES string of the molecule is CCCNC(=O)N1CCC[C@@]2(CCC(=O)N(CCc3cnc[nH]3)C2)C1. The van der Waals surface area contributed by atoms with Crippen LogP contribution in [0.1, 0.15) is 44.7 Å². The zero-order valence-electron chi connectivity index (χ0n) is 15.1. The van der Waals surface area contributed by atoms with Crippen molar-refractivity contribution in [1.29, 1.82) is 0 Å². The molecule has 7 heteroatoms. The number of amides is 3. The molecule has 0 radical (unpaired) electrons. The van der Waals surface area contributed by atoms with Gasteiger partial charge in [-0.15, -0.1) is 0 Å². The van der Waals surface area contributed by atoms with Gasteiger partial charge in [0.15, 0.2) is 0 Å². The first-order valence-corrected chi connectivity index (χ1v) is 9.40. The van der Waals surface area contributed by atoms with Crippen molar-refractivity contribution in [2.24, 2.45) is 5.41 Å². The fourth-order valence-electron chi connectivity index (χ4n) is 4.04. The molecule has 3 amide bonds. The van der Waals surface area contributed by atoms with Crippen LogP contribution in [0.15, 0.2) is 12.5 Å². The summed E-state index contributed by atoms with van der Waals surface area (Å²) in [5, 5.41) is 2.98. The molecule has 0 aromatic carbocycles. The van der Waals surface area contributed by atoms with Gasteiger partial charge in [0, 0.05) is 62.9 Å². The van der Waals surface area contributed by atoms with Crippen LogP contribution in [-0.4, -0.2) is 64.4 Å². The van der Waals surface area contributed by atoms with E-state index in [-0.39, 0.29) is 17.4 Å². The van der Waals surface area contributed by atoms with Gasteiger partial charge in [-0.2, -0.15) is 0 Å². The fraction of sp³-hybridized carbons (Fsp3) is 0.722. The lowest BCUT2D eigenvalue weighted by Gasteiger charge is -2.48. The van der Waals surface area contributed by atoms with E-state index in [0.717, 1.165) is 64.0 Å². The van der Waals surface area contributed by atoms with Crippen molar-refractivity contribution in [2.75, 3.05) is 32.7 Å². The molecular weight excluding hydrogens is 318 g/mol. The van der Waals surface area contributed by atoms with Gasteiger partial charge in [0.2, 0.25) is 5.91 Å². The van der Waals surface area contributed by atoms with Crippen LogP contribution in [0.3, 0.4) is 0 Å². The maximum atomic E-state index is 12.3. The third kappa shape index (κ3) is 4.32. The van der Waals surface area contributed by atoms with Gasteiger partial charge in [-0.05, 0) is 25.7 Å². The maximum absolute atomic E-state index is 12.3. The minimum Gasteiger partial charge on any atom is -0.348 e. The molecule has 1 aromatic heterocycles. The lowest BCUT2D eigenvalue weighted by molar-refractivity contribution is -0.138. The van der Waals surface area contributed by atoms with E-state index in [0.29, 0.717) is 13.0 Å². The average molecular weight is 347 g/mol. The largest absolute Gasteiger partial charge is 0.348 e. The van der Waals surface area contributed by atoms with E-state index >= 15 is 0 Å². The molecule has 2 saturated heterocycles. The number of likely N-dealkylation sites (tertiary alicyclic amines) is 2. The maximum Gasteiger partial charge on any atom is 0.317 e. The molecule has 0 unspecified atom stereocenters. The third-order valence-corrected chi connectivity index (χ3v) is 5.43. The van der Waals surface area contributed by atoms with Crippen molar-refractivity contribution in [3.8, 4) is 0 Å². The Kier molecular flexibility index (Phi) is 5.60. The second-order valence-electron chi connectivity index (χ2n) is 7.40. The molecular formula is C18H29N5O2. The summed E-state index contributed by atoms with van der Waals surface area (Å²) in [6.45, 7) is 5.83. The molecule has 0 aliphatic carbocycles. The lowest BCUT2D eigenvalue weighted by Crippen LogP contribution is -2.56. The molecule has 1 atom stereocenters. The topological polar surface area (TPSA) is 81.3 Å². The highest BCUT2D eigenvalue weighted by Crippen LogP contribution is 2.38. The minimum absolute atomic E-state index is 0.0434. The normalized spacial score (nSPS) is 24.0. The number of aromatic amines is 1. The number of carbonyl (C=O) groups excluding carboxylic acids is 2. The van der Waals surface area contributed by atoms with Crippen molar-refractivity contribution in [3.05, 3.63) is 18.2 Å². The van der Waals surface area contributed by atoms with E-state index in [4.69, 9.17) is 0 Å². The Hall–Kier alpha value is -2.05. The summed E-state index contributed by atoms with van der Waals surface area (Å²) in [4.78, 5) is 35.7. The predicted octanol–water partition coefficient (Wildman–Crippen LogP) is 1.78. The number of H-pyrrole nitrogens is 1. The summed E-state index contributed by atoms with van der Waals surface area (Å²) in [5.74, 6) is 0.234. The molecule has 1 aromatic rings. The van der Waals surface area contributed by atoms with Crippen LogP contribution in [0.4, 0.5) is 4.79 Å². The Morgan fingerprint density at radius 3 is 3.04 bits per heavy atom. The smallest absolute Gasteiger partial charge is 0.317 e. The van der Waals surface area contributed by atoms with Gasteiger partial charge in [-0.3, -0.25) is 4.79 Å². The van der Waals surface area contributed by atoms with Gasteiger partial charge in [0.1, 0.15) is 0 Å². The number of nitrogens with zero attached hydrogens (tertiary/aromatic N) is 3. The number of carbonyl (C=O) groups is 2. The second kappa shape index (κ2) is 7.89. The molecule has 138 valence electrons. The molecule has 25 heavy (non-hydrogen) atoms. The predicted molar refractivity (Wildman–Crippen MR) is 95.0 cm³/mol. The van der Waals surface area contributed by atoms with E-state index in [1.807, 2.05) is 16.0 Å². The summed E-state index contributed by atoms with van der Waals surface area (Å²) in [6.07, 6.45) is 8.81. The molecule has 2 fully saturated rings. The second-order valence-corrected chi connectivity index (χ2v) is 7.40. The van der Waals surface area contributed by atoms with Crippen LogP contribution in [0.5, 0.6) is 0 Å². The fourth-order valence-corrected chi connectivity index (χ4v) is 4.04. The monoisotopic (exact) mass is 347 g/mol. The van der Waals surface area contributed by atoms with Crippen LogP contribution in [-0.2, 0) is 11.2 Å². The van der Waals surface area contributed by atoms with E-state index in [2.05, 4.69) is 22.2 Å². The Labute approximate surface area is 149 Å². The minimum atomic E-state index is 0.0434. The van der Waals surface area contributed by atoms with Crippen molar-refractivity contribution in [1.82, 2.24) is 25.1 Å². The molecule has 2 aliphatic rings. The number of hydrogen-bond acceptors (Lipinski definition) is 3. The van der Waals surface area contributed by atoms with E-state index in [1.165, 1.54) is 0 Å². The Bertz CT molecular complexity index is 588.